The minimum Gasteiger partial charge on any atom is -0.341 e. The molecule has 3 atom stereocenters. The number of benzene rings is 1. The van der Waals surface area contributed by atoms with Crippen LogP contribution in [-0.2, 0) is 0 Å². The fourth-order valence-electron chi connectivity index (χ4n) is 3.33. The van der Waals surface area contributed by atoms with Crippen LogP contribution in [0, 0.1) is 6.92 Å². The van der Waals surface area contributed by atoms with Crippen LogP contribution in [0.5, 0.6) is 0 Å². The molecular formula is C18H19N3S. The van der Waals surface area contributed by atoms with E-state index in [2.05, 4.69) is 60.1 Å². The Hall–Kier alpha value is -1.81. The van der Waals surface area contributed by atoms with Gasteiger partial charge in [0.15, 0.2) is 5.17 Å². The van der Waals surface area contributed by atoms with Crippen molar-refractivity contribution < 1.29 is 0 Å². The summed E-state index contributed by atoms with van der Waals surface area (Å²) in [6, 6.07) is 15.3. The second kappa shape index (κ2) is 5.43. The van der Waals surface area contributed by atoms with Crippen LogP contribution in [-0.4, -0.2) is 26.8 Å². The molecule has 3 nitrogen and oxygen atoms in total. The van der Waals surface area contributed by atoms with E-state index in [9.17, 15) is 0 Å². The normalized spacial score (nSPS) is 26.9. The van der Waals surface area contributed by atoms with Gasteiger partial charge in [0.05, 0.1) is 11.7 Å². The van der Waals surface area contributed by atoms with Crippen molar-refractivity contribution in [3.8, 4) is 0 Å². The van der Waals surface area contributed by atoms with E-state index >= 15 is 0 Å². The summed E-state index contributed by atoms with van der Waals surface area (Å²) in [7, 11) is 0. The Labute approximate surface area is 135 Å². The Balaban J connectivity index is 1.78. The van der Waals surface area contributed by atoms with E-state index in [-0.39, 0.29) is 12.1 Å². The van der Waals surface area contributed by atoms with Crippen LogP contribution in [0.15, 0.2) is 53.7 Å². The van der Waals surface area contributed by atoms with Crippen LogP contribution in [0.1, 0.15) is 35.8 Å². The molecule has 22 heavy (non-hydrogen) atoms. The van der Waals surface area contributed by atoms with Gasteiger partial charge in [-0.15, -0.1) is 0 Å². The highest BCUT2D eigenvalue weighted by Gasteiger charge is 2.43. The predicted octanol–water partition coefficient (Wildman–Crippen LogP) is 3.98. The second-order valence-electron chi connectivity index (χ2n) is 6.05. The predicted molar refractivity (Wildman–Crippen MR) is 92.1 cm³/mol. The van der Waals surface area contributed by atoms with Gasteiger partial charge in [0.2, 0.25) is 0 Å². The molecule has 2 aromatic rings. The largest absolute Gasteiger partial charge is 0.341 e. The minimum atomic E-state index is 0.0954. The molecule has 0 amide bonds. The van der Waals surface area contributed by atoms with Gasteiger partial charge in [-0.25, -0.2) is 0 Å². The molecule has 0 spiro atoms. The zero-order chi connectivity index (χ0) is 15.1. The van der Waals surface area contributed by atoms with Crippen LogP contribution in [0.3, 0.4) is 0 Å². The SMILES string of the molecule is Cc1cccc(C2C(c3ccccn3)N=C3SC(C)CN32)c1. The second-order valence-corrected chi connectivity index (χ2v) is 7.46. The molecule has 3 unspecified atom stereocenters. The summed E-state index contributed by atoms with van der Waals surface area (Å²) >= 11 is 1.89. The molecule has 0 bridgehead atoms. The van der Waals surface area contributed by atoms with E-state index in [4.69, 9.17) is 4.99 Å². The highest BCUT2D eigenvalue weighted by Crippen LogP contribution is 2.47. The lowest BCUT2D eigenvalue weighted by atomic mass is 9.95. The molecule has 4 heteroatoms. The first-order valence-electron chi connectivity index (χ1n) is 7.71. The van der Waals surface area contributed by atoms with E-state index in [0.717, 1.165) is 12.2 Å². The van der Waals surface area contributed by atoms with Crippen molar-refractivity contribution in [3.63, 3.8) is 0 Å². The Morgan fingerprint density at radius 1 is 1.18 bits per heavy atom. The van der Waals surface area contributed by atoms with Crippen LogP contribution in [0.25, 0.3) is 0 Å². The summed E-state index contributed by atoms with van der Waals surface area (Å²) in [5.74, 6) is 0. The Morgan fingerprint density at radius 2 is 2.09 bits per heavy atom. The molecule has 1 aromatic heterocycles. The van der Waals surface area contributed by atoms with Crippen molar-refractivity contribution >= 4 is 16.9 Å². The summed E-state index contributed by atoms with van der Waals surface area (Å²) in [6.07, 6.45) is 1.86. The molecule has 1 fully saturated rings. The van der Waals surface area contributed by atoms with E-state index in [1.54, 1.807) is 0 Å². The van der Waals surface area contributed by atoms with Crippen molar-refractivity contribution in [3.05, 3.63) is 65.5 Å². The monoisotopic (exact) mass is 309 g/mol. The summed E-state index contributed by atoms with van der Waals surface area (Å²) in [5.41, 5.74) is 3.69. The number of hydrogen-bond acceptors (Lipinski definition) is 4. The van der Waals surface area contributed by atoms with Gasteiger partial charge in [0, 0.05) is 18.0 Å². The highest BCUT2D eigenvalue weighted by molar-refractivity contribution is 8.14. The van der Waals surface area contributed by atoms with Gasteiger partial charge in [-0.1, -0.05) is 54.6 Å². The van der Waals surface area contributed by atoms with Crippen molar-refractivity contribution in [2.75, 3.05) is 6.54 Å². The molecule has 2 aliphatic heterocycles. The first-order valence-corrected chi connectivity index (χ1v) is 8.59. The number of hydrogen-bond donors (Lipinski definition) is 0. The lowest BCUT2D eigenvalue weighted by molar-refractivity contribution is 0.321. The standard InChI is InChI=1S/C18H19N3S/c1-12-6-5-7-14(10-12)17-16(15-8-3-4-9-19-15)20-18-21(17)11-13(2)22-18/h3-10,13,16-17H,11H2,1-2H3. The topological polar surface area (TPSA) is 28.5 Å². The first-order chi connectivity index (χ1) is 10.7. The Morgan fingerprint density at radius 3 is 2.86 bits per heavy atom. The maximum atomic E-state index is 5.00. The molecule has 112 valence electrons. The van der Waals surface area contributed by atoms with E-state index < -0.39 is 0 Å². The summed E-state index contributed by atoms with van der Waals surface area (Å²) < 4.78 is 0. The van der Waals surface area contributed by atoms with Gasteiger partial charge in [0.25, 0.3) is 0 Å². The summed E-state index contributed by atoms with van der Waals surface area (Å²) in [5, 5.41) is 1.78. The smallest absolute Gasteiger partial charge is 0.160 e. The van der Waals surface area contributed by atoms with E-state index in [1.165, 1.54) is 16.3 Å². The Kier molecular flexibility index (Phi) is 3.41. The third-order valence-corrected chi connectivity index (χ3v) is 5.37. The molecule has 4 rings (SSSR count). The van der Waals surface area contributed by atoms with E-state index in [1.807, 2.05) is 24.0 Å². The zero-order valence-electron chi connectivity index (χ0n) is 12.8. The molecule has 0 radical (unpaired) electrons. The van der Waals surface area contributed by atoms with Gasteiger partial charge >= 0.3 is 0 Å². The van der Waals surface area contributed by atoms with Gasteiger partial charge in [0.1, 0.15) is 6.04 Å². The third kappa shape index (κ3) is 2.31. The summed E-state index contributed by atoms with van der Waals surface area (Å²) in [4.78, 5) is 12.0. The number of aryl methyl sites for hydroxylation is 1. The highest BCUT2D eigenvalue weighted by atomic mass is 32.2. The minimum absolute atomic E-state index is 0.0954. The summed E-state index contributed by atoms with van der Waals surface area (Å²) in [6.45, 7) is 5.48. The fourth-order valence-corrected chi connectivity index (χ4v) is 4.43. The number of pyridine rings is 1. The van der Waals surface area contributed by atoms with E-state index in [0.29, 0.717) is 5.25 Å². The maximum Gasteiger partial charge on any atom is 0.160 e. The molecular weight excluding hydrogens is 290 g/mol. The molecule has 0 N–H and O–H groups in total. The van der Waals surface area contributed by atoms with Gasteiger partial charge in [-0.3, -0.25) is 9.98 Å². The van der Waals surface area contributed by atoms with Crippen molar-refractivity contribution in [2.24, 2.45) is 4.99 Å². The number of amidine groups is 1. The third-order valence-electron chi connectivity index (χ3n) is 4.26. The first kappa shape index (κ1) is 13.8. The van der Waals surface area contributed by atoms with Gasteiger partial charge < -0.3 is 4.90 Å². The zero-order valence-corrected chi connectivity index (χ0v) is 13.6. The molecule has 2 aliphatic rings. The number of rotatable bonds is 2. The molecule has 3 heterocycles. The number of fused-ring (bicyclic) bond motifs is 1. The van der Waals surface area contributed by atoms with Crippen LogP contribution >= 0.6 is 11.8 Å². The lowest BCUT2D eigenvalue weighted by Crippen LogP contribution is -2.28. The Bertz CT molecular complexity index is 713. The van der Waals surface area contributed by atoms with Crippen molar-refractivity contribution in [1.82, 2.24) is 9.88 Å². The molecule has 0 saturated carbocycles. The average molecular weight is 309 g/mol. The number of thioether (sulfide) groups is 1. The molecule has 1 saturated heterocycles. The number of aromatic nitrogens is 1. The number of nitrogens with zero attached hydrogens (tertiary/aromatic N) is 3. The molecule has 1 aromatic carbocycles. The van der Waals surface area contributed by atoms with Crippen LogP contribution in [0.2, 0.25) is 0 Å². The fraction of sp³-hybridized carbons (Fsp3) is 0.333. The molecule has 0 aliphatic carbocycles. The van der Waals surface area contributed by atoms with Crippen LogP contribution < -0.4 is 0 Å². The van der Waals surface area contributed by atoms with Crippen molar-refractivity contribution in [1.29, 1.82) is 0 Å². The van der Waals surface area contributed by atoms with Crippen molar-refractivity contribution in [2.45, 2.75) is 31.2 Å². The average Bonchev–Trinajstić information content (AvgIpc) is 3.04. The number of aliphatic imine (C=N–C) groups is 1. The van der Waals surface area contributed by atoms with Gasteiger partial charge in [-0.05, 0) is 24.6 Å². The van der Waals surface area contributed by atoms with Gasteiger partial charge in [-0.2, -0.15) is 0 Å². The quantitative estimate of drug-likeness (QED) is 0.840. The lowest BCUT2D eigenvalue weighted by Gasteiger charge is -2.27. The van der Waals surface area contributed by atoms with Crippen LogP contribution in [0.4, 0.5) is 0 Å². The maximum absolute atomic E-state index is 5.00.